The first-order chi connectivity index (χ1) is 7.34. The van der Waals surface area contributed by atoms with Crippen molar-refractivity contribution in [3.05, 3.63) is 42.1 Å². The first-order valence-corrected chi connectivity index (χ1v) is 5.38. The normalized spacial score (nSPS) is 17.9. The van der Waals surface area contributed by atoms with E-state index in [0.29, 0.717) is 0 Å². The summed E-state index contributed by atoms with van der Waals surface area (Å²) in [5, 5.41) is 4.62. The number of hydrogen-bond acceptors (Lipinski definition) is 2. The van der Waals surface area contributed by atoms with E-state index in [1.807, 2.05) is 19.3 Å². The van der Waals surface area contributed by atoms with Gasteiger partial charge in [0.25, 0.3) is 0 Å². The minimum Gasteiger partial charge on any atom is -0.310 e. The maximum absolute atomic E-state index is 4.39. The van der Waals surface area contributed by atoms with Gasteiger partial charge in [-0.05, 0) is 37.6 Å². The predicted molar refractivity (Wildman–Crippen MR) is 61.7 cm³/mol. The highest BCUT2D eigenvalue weighted by atomic mass is 15.0. The Balaban J connectivity index is 2.14. The first-order valence-electron chi connectivity index (χ1n) is 5.38. The Labute approximate surface area is 89.3 Å². The molecule has 0 radical (unpaired) electrons. The molecule has 1 aliphatic carbocycles. The van der Waals surface area contributed by atoms with Crippen molar-refractivity contribution in [1.82, 2.24) is 10.3 Å². The van der Waals surface area contributed by atoms with Crippen molar-refractivity contribution in [3.8, 4) is 0 Å². The summed E-state index contributed by atoms with van der Waals surface area (Å²) >= 11 is 0. The van der Waals surface area contributed by atoms with Crippen molar-refractivity contribution < 1.29 is 0 Å². The third-order valence-corrected chi connectivity index (χ3v) is 3.39. The monoisotopic (exact) mass is 198 g/mol. The molecule has 0 unspecified atom stereocenters. The number of pyridine rings is 1. The van der Waals surface area contributed by atoms with Gasteiger partial charge in [-0.2, -0.15) is 0 Å². The lowest BCUT2D eigenvalue weighted by atomic mass is 10.0. The Kier molecular flexibility index (Phi) is 1.80. The number of aromatic nitrogens is 1. The van der Waals surface area contributed by atoms with Crippen LogP contribution < -0.4 is 5.32 Å². The van der Waals surface area contributed by atoms with Crippen LogP contribution in [0.3, 0.4) is 0 Å². The predicted octanol–water partition coefficient (Wildman–Crippen LogP) is 2.44. The average Bonchev–Trinajstić information content (AvgIpc) is 3.09. The minimum atomic E-state index is 0.242. The van der Waals surface area contributed by atoms with Crippen LogP contribution in [0.2, 0.25) is 0 Å². The molecular formula is C13H14N2. The Morgan fingerprint density at radius 3 is 2.87 bits per heavy atom. The van der Waals surface area contributed by atoms with E-state index in [1.165, 1.54) is 23.8 Å². The second-order valence-electron chi connectivity index (χ2n) is 4.24. The number of nitrogens with one attached hydrogen (secondary N) is 1. The highest BCUT2D eigenvalue weighted by Gasteiger charge is 2.42. The number of hydrogen-bond donors (Lipinski definition) is 1. The number of nitrogens with zero attached hydrogens (tertiary/aromatic N) is 1. The van der Waals surface area contributed by atoms with Crippen LogP contribution in [0.5, 0.6) is 0 Å². The Hall–Kier alpha value is -1.41. The van der Waals surface area contributed by atoms with Crippen LogP contribution >= 0.6 is 0 Å². The summed E-state index contributed by atoms with van der Waals surface area (Å²) in [5.74, 6) is 0. The smallest absolute Gasteiger partial charge is 0.0705 e. The maximum atomic E-state index is 4.39. The highest BCUT2D eigenvalue weighted by Crippen LogP contribution is 2.45. The molecule has 0 spiro atoms. The molecule has 0 atom stereocenters. The molecule has 15 heavy (non-hydrogen) atoms. The van der Waals surface area contributed by atoms with Crippen molar-refractivity contribution in [2.24, 2.45) is 0 Å². The average molecular weight is 198 g/mol. The lowest BCUT2D eigenvalue weighted by Crippen LogP contribution is -2.24. The second-order valence-corrected chi connectivity index (χ2v) is 4.24. The van der Waals surface area contributed by atoms with Gasteiger partial charge in [-0.25, -0.2) is 0 Å². The van der Waals surface area contributed by atoms with Crippen molar-refractivity contribution in [3.63, 3.8) is 0 Å². The molecule has 1 N–H and O–H groups in total. The third-order valence-electron chi connectivity index (χ3n) is 3.39. The second kappa shape index (κ2) is 3.04. The molecule has 1 aliphatic rings. The largest absolute Gasteiger partial charge is 0.310 e. The molecule has 2 heteroatoms. The van der Waals surface area contributed by atoms with Crippen LogP contribution in [0.15, 0.2) is 36.5 Å². The van der Waals surface area contributed by atoms with E-state index in [1.54, 1.807) is 0 Å². The minimum absolute atomic E-state index is 0.242. The fraction of sp³-hybridized carbons (Fsp3) is 0.308. The molecular weight excluding hydrogens is 184 g/mol. The molecule has 0 aliphatic heterocycles. The molecule has 1 aromatic heterocycles. The summed E-state index contributed by atoms with van der Waals surface area (Å²) in [6.07, 6.45) is 4.33. The van der Waals surface area contributed by atoms with E-state index >= 15 is 0 Å². The van der Waals surface area contributed by atoms with Gasteiger partial charge in [0.2, 0.25) is 0 Å². The Morgan fingerprint density at radius 2 is 2.13 bits per heavy atom. The van der Waals surface area contributed by atoms with Crippen LogP contribution in [-0.4, -0.2) is 12.0 Å². The summed E-state index contributed by atoms with van der Waals surface area (Å²) in [6.45, 7) is 0. The van der Waals surface area contributed by atoms with E-state index < -0.39 is 0 Å². The molecule has 1 heterocycles. The number of rotatable bonds is 2. The zero-order valence-corrected chi connectivity index (χ0v) is 8.83. The van der Waals surface area contributed by atoms with Crippen LogP contribution in [0.4, 0.5) is 0 Å². The quantitative estimate of drug-likeness (QED) is 0.801. The van der Waals surface area contributed by atoms with E-state index in [2.05, 4.69) is 34.6 Å². The van der Waals surface area contributed by atoms with Gasteiger partial charge >= 0.3 is 0 Å². The van der Waals surface area contributed by atoms with Gasteiger partial charge in [0, 0.05) is 17.1 Å². The third kappa shape index (κ3) is 1.33. The van der Waals surface area contributed by atoms with E-state index in [9.17, 15) is 0 Å². The molecule has 1 fully saturated rings. The molecule has 1 saturated carbocycles. The zero-order valence-electron chi connectivity index (χ0n) is 8.83. The molecule has 1 aromatic carbocycles. The van der Waals surface area contributed by atoms with Gasteiger partial charge in [0.15, 0.2) is 0 Å². The van der Waals surface area contributed by atoms with Crippen molar-refractivity contribution >= 4 is 10.9 Å². The van der Waals surface area contributed by atoms with Crippen LogP contribution in [0.25, 0.3) is 10.9 Å². The summed E-state index contributed by atoms with van der Waals surface area (Å²) in [5.41, 5.74) is 2.71. The molecule has 0 bridgehead atoms. The van der Waals surface area contributed by atoms with Gasteiger partial charge < -0.3 is 5.32 Å². The molecule has 76 valence electrons. The van der Waals surface area contributed by atoms with Crippen molar-refractivity contribution in [1.29, 1.82) is 0 Å². The molecule has 2 nitrogen and oxygen atoms in total. The van der Waals surface area contributed by atoms with Gasteiger partial charge in [0.05, 0.1) is 5.52 Å². The molecule has 0 amide bonds. The zero-order chi connectivity index (χ0) is 10.3. The summed E-state index contributed by atoms with van der Waals surface area (Å²) in [6, 6.07) is 10.7. The fourth-order valence-corrected chi connectivity index (χ4v) is 2.17. The van der Waals surface area contributed by atoms with E-state index in [4.69, 9.17) is 0 Å². The van der Waals surface area contributed by atoms with Gasteiger partial charge in [-0.15, -0.1) is 0 Å². The van der Waals surface area contributed by atoms with E-state index in [-0.39, 0.29) is 5.54 Å². The lowest BCUT2D eigenvalue weighted by Gasteiger charge is -2.14. The van der Waals surface area contributed by atoms with Crippen LogP contribution in [-0.2, 0) is 5.54 Å². The maximum Gasteiger partial charge on any atom is 0.0705 e. The molecule has 3 rings (SSSR count). The van der Waals surface area contributed by atoms with Gasteiger partial charge in [0.1, 0.15) is 0 Å². The number of benzene rings is 1. The Morgan fingerprint density at radius 1 is 1.27 bits per heavy atom. The van der Waals surface area contributed by atoms with Gasteiger partial charge in [-0.1, -0.05) is 18.2 Å². The first kappa shape index (κ1) is 8.86. The lowest BCUT2D eigenvalue weighted by molar-refractivity contribution is 0.586. The SMILES string of the molecule is CNC1(c2ccc3cccnc3c2)CC1. The van der Waals surface area contributed by atoms with Gasteiger partial charge in [-0.3, -0.25) is 4.98 Å². The van der Waals surface area contributed by atoms with Crippen LogP contribution in [0, 0.1) is 0 Å². The van der Waals surface area contributed by atoms with Crippen LogP contribution in [0.1, 0.15) is 18.4 Å². The molecule has 0 saturated heterocycles. The highest BCUT2D eigenvalue weighted by molar-refractivity contribution is 5.79. The van der Waals surface area contributed by atoms with Crippen molar-refractivity contribution in [2.75, 3.05) is 7.05 Å². The summed E-state index contributed by atoms with van der Waals surface area (Å²) in [7, 11) is 2.04. The topological polar surface area (TPSA) is 24.9 Å². The fourth-order valence-electron chi connectivity index (χ4n) is 2.17. The standard InChI is InChI=1S/C13H14N2/c1-14-13(6-7-13)11-5-4-10-3-2-8-15-12(10)9-11/h2-5,8-9,14H,6-7H2,1H3. The summed E-state index contributed by atoms with van der Waals surface area (Å²) < 4.78 is 0. The van der Waals surface area contributed by atoms with Crippen molar-refractivity contribution in [2.45, 2.75) is 18.4 Å². The molecule has 2 aromatic rings. The summed E-state index contributed by atoms with van der Waals surface area (Å²) in [4.78, 5) is 4.39. The number of fused-ring (bicyclic) bond motifs is 1. The van der Waals surface area contributed by atoms with E-state index in [0.717, 1.165) is 5.52 Å². The Bertz CT molecular complexity index is 501.